The van der Waals surface area contributed by atoms with Gasteiger partial charge in [-0.1, -0.05) is 12.1 Å². The fourth-order valence-corrected chi connectivity index (χ4v) is 1.90. The van der Waals surface area contributed by atoms with Crippen molar-refractivity contribution in [2.24, 2.45) is 0 Å². The summed E-state index contributed by atoms with van der Waals surface area (Å²) in [7, 11) is 0. The van der Waals surface area contributed by atoms with Crippen molar-refractivity contribution in [3.63, 3.8) is 0 Å². The smallest absolute Gasteiger partial charge is 0.287 e. The fourth-order valence-electron chi connectivity index (χ4n) is 1.76. The standard InChI is InChI=1S/C13H11ClN2O4/c1-8-9(3-2-4-10(8)16(18)19)7-15-13(17)11-5-6-12(14)20-11/h2-6H,7H2,1H3,(H,15,17). The van der Waals surface area contributed by atoms with Crippen molar-refractivity contribution >= 4 is 23.2 Å². The number of carbonyl (C=O) groups excluding carboxylic acids is 1. The quantitative estimate of drug-likeness (QED) is 0.693. The van der Waals surface area contributed by atoms with Crippen molar-refractivity contribution in [2.75, 3.05) is 0 Å². The third-order valence-corrected chi connectivity index (χ3v) is 3.05. The summed E-state index contributed by atoms with van der Waals surface area (Å²) in [5, 5.41) is 13.6. The van der Waals surface area contributed by atoms with Gasteiger partial charge in [-0.25, -0.2) is 0 Å². The van der Waals surface area contributed by atoms with Gasteiger partial charge in [-0.15, -0.1) is 0 Å². The number of nitrogens with zero attached hydrogens (tertiary/aromatic N) is 1. The van der Waals surface area contributed by atoms with Crippen LogP contribution in [-0.2, 0) is 6.54 Å². The van der Waals surface area contributed by atoms with E-state index in [1.165, 1.54) is 18.2 Å². The van der Waals surface area contributed by atoms with Crippen LogP contribution in [-0.4, -0.2) is 10.8 Å². The summed E-state index contributed by atoms with van der Waals surface area (Å²) in [4.78, 5) is 22.1. The molecule has 0 saturated heterocycles. The first-order valence-electron chi connectivity index (χ1n) is 5.75. The summed E-state index contributed by atoms with van der Waals surface area (Å²) in [6.45, 7) is 1.81. The lowest BCUT2D eigenvalue weighted by Gasteiger charge is -2.07. The van der Waals surface area contributed by atoms with Crippen LogP contribution in [0.5, 0.6) is 0 Å². The highest BCUT2D eigenvalue weighted by molar-refractivity contribution is 6.29. The van der Waals surface area contributed by atoms with Gasteiger partial charge in [-0.05, 0) is 36.2 Å². The Labute approximate surface area is 119 Å². The Morgan fingerprint density at radius 1 is 1.40 bits per heavy atom. The molecule has 20 heavy (non-hydrogen) atoms. The highest BCUT2D eigenvalue weighted by Crippen LogP contribution is 2.21. The molecule has 6 nitrogen and oxygen atoms in total. The molecule has 1 N–H and O–H groups in total. The van der Waals surface area contributed by atoms with Gasteiger partial charge >= 0.3 is 0 Å². The van der Waals surface area contributed by atoms with Gasteiger partial charge in [0.2, 0.25) is 0 Å². The lowest BCUT2D eigenvalue weighted by atomic mass is 10.1. The Kier molecular flexibility index (Phi) is 4.05. The molecule has 0 aliphatic heterocycles. The lowest BCUT2D eigenvalue weighted by molar-refractivity contribution is -0.385. The Hall–Kier alpha value is -2.34. The Morgan fingerprint density at radius 3 is 2.75 bits per heavy atom. The first kappa shape index (κ1) is 14.1. The molecule has 7 heteroatoms. The molecule has 0 radical (unpaired) electrons. The van der Waals surface area contributed by atoms with Gasteiger partial charge in [-0.3, -0.25) is 14.9 Å². The molecule has 1 aromatic heterocycles. The largest absolute Gasteiger partial charge is 0.440 e. The van der Waals surface area contributed by atoms with Crippen LogP contribution in [0.15, 0.2) is 34.7 Å². The maximum Gasteiger partial charge on any atom is 0.287 e. The minimum atomic E-state index is -0.451. The van der Waals surface area contributed by atoms with Crippen LogP contribution in [0.2, 0.25) is 5.22 Å². The second kappa shape index (κ2) is 5.75. The number of hydrogen-bond donors (Lipinski definition) is 1. The zero-order valence-corrected chi connectivity index (χ0v) is 11.3. The molecule has 2 rings (SSSR count). The highest BCUT2D eigenvalue weighted by atomic mass is 35.5. The van der Waals surface area contributed by atoms with E-state index >= 15 is 0 Å². The normalized spacial score (nSPS) is 10.3. The van der Waals surface area contributed by atoms with Crippen LogP contribution in [0.25, 0.3) is 0 Å². The van der Waals surface area contributed by atoms with Gasteiger partial charge in [-0.2, -0.15) is 0 Å². The maximum atomic E-state index is 11.8. The van der Waals surface area contributed by atoms with Crippen molar-refractivity contribution in [3.8, 4) is 0 Å². The highest BCUT2D eigenvalue weighted by Gasteiger charge is 2.15. The van der Waals surface area contributed by atoms with E-state index in [4.69, 9.17) is 16.0 Å². The Morgan fingerprint density at radius 2 is 2.15 bits per heavy atom. The molecule has 0 unspecified atom stereocenters. The molecule has 0 fully saturated rings. The van der Waals surface area contributed by atoms with E-state index in [2.05, 4.69) is 5.32 Å². The van der Waals surface area contributed by atoms with Crippen molar-refractivity contribution in [2.45, 2.75) is 13.5 Å². The summed E-state index contributed by atoms with van der Waals surface area (Å²) in [6, 6.07) is 7.65. The summed E-state index contributed by atoms with van der Waals surface area (Å²) < 4.78 is 4.97. The molecule has 0 spiro atoms. The molecule has 0 bridgehead atoms. The number of amides is 1. The van der Waals surface area contributed by atoms with Crippen molar-refractivity contribution in [1.82, 2.24) is 5.32 Å². The number of nitro benzene ring substituents is 1. The number of halogens is 1. The number of benzene rings is 1. The third-order valence-electron chi connectivity index (χ3n) is 2.85. The molecule has 1 amide bonds. The number of carbonyl (C=O) groups is 1. The van der Waals surface area contributed by atoms with Gasteiger partial charge in [0.15, 0.2) is 11.0 Å². The third kappa shape index (κ3) is 2.97. The molecular formula is C13H11ClN2O4. The molecule has 0 aliphatic rings. The molecule has 1 heterocycles. The average Bonchev–Trinajstić information content (AvgIpc) is 2.83. The minimum absolute atomic E-state index is 0.0257. The second-order valence-electron chi connectivity index (χ2n) is 4.10. The van der Waals surface area contributed by atoms with Crippen LogP contribution in [0.1, 0.15) is 21.7 Å². The molecule has 1 aromatic carbocycles. The van der Waals surface area contributed by atoms with E-state index in [0.29, 0.717) is 11.1 Å². The van der Waals surface area contributed by atoms with E-state index < -0.39 is 10.8 Å². The van der Waals surface area contributed by atoms with E-state index in [1.54, 1.807) is 19.1 Å². The molecule has 2 aromatic rings. The van der Waals surface area contributed by atoms with Gasteiger partial charge < -0.3 is 9.73 Å². The summed E-state index contributed by atoms with van der Waals surface area (Å²) in [5.41, 5.74) is 1.22. The first-order chi connectivity index (χ1) is 9.49. The summed E-state index contributed by atoms with van der Waals surface area (Å²) in [6.07, 6.45) is 0. The number of rotatable bonds is 4. The van der Waals surface area contributed by atoms with E-state index in [9.17, 15) is 14.9 Å². The van der Waals surface area contributed by atoms with Crippen LogP contribution >= 0.6 is 11.6 Å². The topological polar surface area (TPSA) is 85.4 Å². The zero-order chi connectivity index (χ0) is 14.7. The van der Waals surface area contributed by atoms with Crippen LogP contribution in [0, 0.1) is 17.0 Å². The minimum Gasteiger partial charge on any atom is -0.440 e. The number of nitrogens with one attached hydrogen (secondary N) is 1. The van der Waals surface area contributed by atoms with Gasteiger partial charge in [0.25, 0.3) is 11.6 Å². The summed E-state index contributed by atoms with van der Waals surface area (Å²) in [5.74, 6) is -0.333. The first-order valence-corrected chi connectivity index (χ1v) is 6.13. The van der Waals surface area contributed by atoms with Crippen LogP contribution in [0.3, 0.4) is 0 Å². The number of hydrogen-bond acceptors (Lipinski definition) is 4. The number of furan rings is 1. The number of nitro groups is 1. The van der Waals surface area contributed by atoms with E-state index in [1.807, 2.05) is 0 Å². The predicted molar refractivity (Wildman–Crippen MR) is 72.7 cm³/mol. The van der Waals surface area contributed by atoms with Crippen molar-refractivity contribution in [1.29, 1.82) is 0 Å². The fraction of sp³-hybridized carbons (Fsp3) is 0.154. The molecule has 0 aliphatic carbocycles. The second-order valence-corrected chi connectivity index (χ2v) is 4.48. The van der Waals surface area contributed by atoms with Crippen molar-refractivity contribution < 1.29 is 14.1 Å². The van der Waals surface area contributed by atoms with Crippen molar-refractivity contribution in [3.05, 3.63) is 62.6 Å². The zero-order valence-electron chi connectivity index (χ0n) is 10.6. The van der Waals surface area contributed by atoms with Gasteiger partial charge in [0.05, 0.1) is 4.92 Å². The molecule has 0 saturated carbocycles. The van der Waals surface area contributed by atoms with E-state index in [-0.39, 0.29) is 23.2 Å². The molecule has 0 atom stereocenters. The van der Waals surface area contributed by atoms with Crippen LogP contribution < -0.4 is 5.32 Å². The van der Waals surface area contributed by atoms with Gasteiger partial charge in [0, 0.05) is 18.2 Å². The van der Waals surface area contributed by atoms with Crippen LogP contribution in [0.4, 0.5) is 5.69 Å². The van der Waals surface area contributed by atoms with Gasteiger partial charge in [0.1, 0.15) is 0 Å². The Balaban J connectivity index is 2.10. The average molecular weight is 295 g/mol. The monoisotopic (exact) mass is 294 g/mol. The Bertz CT molecular complexity index is 666. The maximum absolute atomic E-state index is 11.8. The predicted octanol–water partition coefficient (Wildman–Crippen LogP) is 3.08. The SMILES string of the molecule is Cc1c(CNC(=O)c2ccc(Cl)o2)cccc1[N+](=O)[O-]. The molecular weight excluding hydrogens is 284 g/mol. The summed E-state index contributed by atoms with van der Waals surface area (Å²) >= 11 is 5.58. The van der Waals surface area contributed by atoms with E-state index in [0.717, 1.165) is 0 Å². The molecule has 104 valence electrons. The lowest BCUT2D eigenvalue weighted by Crippen LogP contribution is -2.22.